The Labute approximate surface area is 140 Å². The fourth-order valence-electron chi connectivity index (χ4n) is 7.64. The first-order valence-corrected chi connectivity index (χ1v) is 9.70. The average molecular weight is 320 g/mol. The number of rotatable bonds is 1. The van der Waals surface area contributed by atoms with Gasteiger partial charge in [-0.3, -0.25) is 0 Å². The van der Waals surface area contributed by atoms with E-state index < -0.39 is 5.60 Å². The van der Waals surface area contributed by atoms with Gasteiger partial charge in [0, 0.05) is 5.92 Å². The molecule has 2 aliphatic carbocycles. The molecule has 1 unspecified atom stereocenters. The number of ether oxygens (including phenoxy) is 2. The van der Waals surface area contributed by atoms with E-state index in [1.54, 1.807) is 0 Å². The third kappa shape index (κ3) is 1.39. The molecule has 3 nitrogen and oxygen atoms in total. The van der Waals surface area contributed by atoms with Crippen molar-refractivity contribution in [3.8, 4) is 0 Å². The monoisotopic (exact) mass is 320 g/mol. The second-order valence-corrected chi connectivity index (χ2v) is 10.4. The second kappa shape index (κ2) is 3.83. The first-order valence-electron chi connectivity index (χ1n) is 9.70. The van der Waals surface area contributed by atoms with Gasteiger partial charge in [-0.25, -0.2) is 0 Å². The fraction of sp³-hybridized carbons (Fsp3) is 1.00. The van der Waals surface area contributed by atoms with Crippen LogP contribution < -0.4 is 0 Å². The van der Waals surface area contributed by atoms with Crippen molar-refractivity contribution in [3.05, 3.63) is 0 Å². The molecule has 2 bridgehead atoms. The van der Waals surface area contributed by atoms with Gasteiger partial charge in [0.25, 0.3) is 0 Å². The molecule has 0 amide bonds. The molecule has 0 aromatic rings. The highest BCUT2D eigenvalue weighted by atomic mass is 16.7. The molecule has 23 heavy (non-hydrogen) atoms. The number of hydrogen-bond donors (Lipinski definition) is 1. The molecule has 5 fully saturated rings. The van der Waals surface area contributed by atoms with E-state index in [2.05, 4.69) is 34.6 Å². The molecule has 3 heteroatoms. The van der Waals surface area contributed by atoms with Crippen LogP contribution in [0.3, 0.4) is 0 Å². The molecule has 5 rings (SSSR count). The molecule has 2 saturated carbocycles. The van der Waals surface area contributed by atoms with E-state index in [9.17, 15) is 5.11 Å². The van der Waals surface area contributed by atoms with E-state index in [4.69, 9.17) is 9.47 Å². The minimum Gasteiger partial charge on any atom is -0.389 e. The normalized spacial score (nSPS) is 66.1. The summed E-state index contributed by atoms with van der Waals surface area (Å²) in [6.07, 6.45) is 6.80. The molecule has 0 radical (unpaired) electrons. The van der Waals surface area contributed by atoms with Crippen LogP contribution in [-0.2, 0) is 9.47 Å². The van der Waals surface area contributed by atoms with Crippen molar-refractivity contribution in [1.29, 1.82) is 0 Å². The van der Waals surface area contributed by atoms with E-state index in [0.29, 0.717) is 17.8 Å². The van der Waals surface area contributed by atoms with E-state index >= 15 is 0 Å². The lowest BCUT2D eigenvalue weighted by Crippen LogP contribution is -2.75. The minimum absolute atomic E-state index is 0.0196. The Balaban J connectivity index is 1.61. The summed E-state index contributed by atoms with van der Waals surface area (Å²) >= 11 is 0. The van der Waals surface area contributed by atoms with Crippen LogP contribution >= 0.6 is 0 Å². The Morgan fingerprint density at radius 1 is 1.00 bits per heavy atom. The molecule has 0 aromatic carbocycles. The summed E-state index contributed by atoms with van der Waals surface area (Å²) in [4.78, 5) is 0. The van der Waals surface area contributed by atoms with Gasteiger partial charge in [-0.15, -0.1) is 0 Å². The molecule has 3 aliphatic heterocycles. The fourth-order valence-corrected chi connectivity index (χ4v) is 7.64. The van der Waals surface area contributed by atoms with Crippen molar-refractivity contribution in [3.63, 3.8) is 0 Å². The molecule has 130 valence electrons. The van der Waals surface area contributed by atoms with Gasteiger partial charge in [0.05, 0.1) is 17.3 Å². The Morgan fingerprint density at radius 2 is 1.74 bits per heavy atom. The zero-order valence-electron chi connectivity index (χ0n) is 15.3. The van der Waals surface area contributed by atoms with Crippen LogP contribution in [0.5, 0.6) is 0 Å². The third-order valence-corrected chi connectivity index (χ3v) is 9.17. The van der Waals surface area contributed by atoms with Gasteiger partial charge < -0.3 is 14.6 Å². The predicted octanol–water partition coefficient (Wildman–Crippen LogP) is 3.68. The van der Waals surface area contributed by atoms with Gasteiger partial charge in [-0.2, -0.15) is 0 Å². The summed E-state index contributed by atoms with van der Waals surface area (Å²) in [5.74, 6) is 1.15. The quantitative estimate of drug-likeness (QED) is 0.801. The number of aliphatic hydroxyl groups is 1. The molecular formula is C20H32O3. The standard InChI is InChI=1S/C20H32O3/c1-12(2)19(21)9-8-16(3)10-14-17(4)7-6-15-18(5,23-17)20(14,22-15)11-13(16)19/h12-15,21H,6-11H2,1-5H3/t13-,14-,15+,16-,17?,18-,19-,20-/m0/s1. The molecule has 3 saturated heterocycles. The van der Waals surface area contributed by atoms with E-state index in [1.165, 1.54) is 0 Å². The van der Waals surface area contributed by atoms with Gasteiger partial charge >= 0.3 is 0 Å². The van der Waals surface area contributed by atoms with Crippen molar-refractivity contribution >= 4 is 0 Å². The molecular weight excluding hydrogens is 288 g/mol. The van der Waals surface area contributed by atoms with Gasteiger partial charge in [0.1, 0.15) is 11.2 Å². The zero-order valence-corrected chi connectivity index (χ0v) is 15.3. The summed E-state index contributed by atoms with van der Waals surface area (Å²) in [5.41, 5.74) is -0.568. The lowest BCUT2D eigenvalue weighted by Gasteiger charge is -2.64. The molecule has 1 N–H and O–H groups in total. The van der Waals surface area contributed by atoms with Gasteiger partial charge in [-0.05, 0) is 69.6 Å². The average Bonchev–Trinajstić information content (AvgIpc) is 2.71. The molecule has 5 aliphatic rings. The van der Waals surface area contributed by atoms with E-state index in [-0.39, 0.29) is 28.3 Å². The summed E-state index contributed by atoms with van der Waals surface area (Å²) < 4.78 is 13.3. The topological polar surface area (TPSA) is 38.7 Å². The maximum absolute atomic E-state index is 11.5. The Hall–Kier alpha value is -0.120. The van der Waals surface area contributed by atoms with Crippen molar-refractivity contribution in [2.24, 2.45) is 23.2 Å². The maximum Gasteiger partial charge on any atom is 0.121 e. The maximum atomic E-state index is 11.5. The van der Waals surface area contributed by atoms with Crippen molar-refractivity contribution < 1.29 is 14.6 Å². The van der Waals surface area contributed by atoms with Crippen molar-refractivity contribution in [1.82, 2.24) is 0 Å². The Morgan fingerprint density at radius 3 is 2.43 bits per heavy atom. The Kier molecular flexibility index (Phi) is 2.53. The van der Waals surface area contributed by atoms with Crippen LogP contribution in [0.15, 0.2) is 0 Å². The first kappa shape index (κ1) is 15.2. The highest BCUT2D eigenvalue weighted by Gasteiger charge is 2.83. The van der Waals surface area contributed by atoms with Crippen LogP contribution in [0.4, 0.5) is 0 Å². The molecule has 0 aromatic heterocycles. The van der Waals surface area contributed by atoms with E-state index in [1.807, 2.05) is 0 Å². The van der Waals surface area contributed by atoms with Gasteiger partial charge in [0.15, 0.2) is 0 Å². The van der Waals surface area contributed by atoms with Gasteiger partial charge in [-0.1, -0.05) is 20.8 Å². The third-order valence-electron chi connectivity index (χ3n) is 9.17. The number of hydrogen-bond acceptors (Lipinski definition) is 3. The van der Waals surface area contributed by atoms with Gasteiger partial charge in [0.2, 0.25) is 0 Å². The second-order valence-electron chi connectivity index (χ2n) is 10.4. The van der Waals surface area contributed by atoms with Crippen LogP contribution in [0.1, 0.15) is 73.1 Å². The zero-order chi connectivity index (χ0) is 16.5. The molecule has 3 heterocycles. The number of fused-ring (bicyclic) bond motifs is 3. The summed E-state index contributed by atoms with van der Waals surface area (Å²) in [6, 6.07) is 0. The van der Waals surface area contributed by atoms with Crippen LogP contribution in [0.2, 0.25) is 0 Å². The lowest BCUT2D eigenvalue weighted by molar-refractivity contribution is -0.360. The largest absolute Gasteiger partial charge is 0.389 e. The summed E-state index contributed by atoms with van der Waals surface area (Å²) in [5, 5.41) is 11.5. The summed E-state index contributed by atoms with van der Waals surface area (Å²) in [7, 11) is 0. The SMILES string of the molecule is CC(C)[C@@]1(O)CC[C@@]2(C)C[C@H]3C4(C)CC[C@H]5O[C@]3(C[C@@H]21)[C@@]5(C)O4. The molecule has 1 spiro atoms. The highest BCUT2D eigenvalue weighted by molar-refractivity contribution is 5.31. The first-order chi connectivity index (χ1) is 10.6. The van der Waals surface area contributed by atoms with Crippen molar-refractivity contribution in [2.45, 2.75) is 102 Å². The predicted molar refractivity (Wildman–Crippen MR) is 88.1 cm³/mol. The minimum atomic E-state index is -0.531. The Bertz CT molecular complexity index is 575. The smallest absolute Gasteiger partial charge is 0.121 e. The summed E-state index contributed by atoms with van der Waals surface area (Å²) in [6.45, 7) is 11.4. The van der Waals surface area contributed by atoms with Crippen molar-refractivity contribution in [2.75, 3.05) is 0 Å². The van der Waals surface area contributed by atoms with E-state index in [0.717, 1.165) is 38.5 Å². The highest BCUT2D eigenvalue weighted by Crippen LogP contribution is 2.75. The lowest BCUT2D eigenvalue weighted by atomic mass is 9.51. The van der Waals surface area contributed by atoms with Crippen LogP contribution in [0.25, 0.3) is 0 Å². The molecule has 8 atom stereocenters. The van der Waals surface area contributed by atoms with Crippen LogP contribution in [-0.4, -0.2) is 33.6 Å². The van der Waals surface area contributed by atoms with Crippen LogP contribution in [0, 0.1) is 23.2 Å².